The summed E-state index contributed by atoms with van der Waals surface area (Å²) in [6, 6.07) is 11.8. The summed E-state index contributed by atoms with van der Waals surface area (Å²) in [6.07, 6.45) is 0.116. The summed E-state index contributed by atoms with van der Waals surface area (Å²) < 4.78 is 32.0. The number of halogens is 1. The van der Waals surface area contributed by atoms with Gasteiger partial charge in [0.1, 0.15) is 6.54 Å². The average Bonchev–Trinajstić information content (AvgIpc) is 3.03. The molecule has 0 N–H and O–H groups in total. The van der Waals surface area contributed by atoms with Crippen LogP contribution in [0.15, 0.2) is 52.4 Å². The van der Waals surface area contributed by atoms with Gasteiger partial charge in [0.05, 0.1) is 28.0 Å². The molecule has 3 rings (SSSR count). The van der Waals surface area contributed by atoms with Crippen molar-refractivity contribution in [3.05, 3.63) is 57.9 Å². The number of sulfone groups is 1. The standard InChI is InChI=1S/C21H21ClN2O5S2/c1-14-5-8-16(9-6-14)31(27,28)11-3-4-19(25)23-21-24(13-20(26)29-2)17-10-7-15(22)12-18(17)30-21/h5-10,12H,3-4,11,13H2,1-2H3. The SMILES string of the molecule is COC(=O)Cn1c(=NC(=O)CCCS(=O)(=O)c2ccc(C)cc2)sc2cc(Cl)ccc21. The van der Waals surface area contributed by atoms with Crippen LogP contribution in [0.4, 0.5) is 0 Å². The van der Waals surface area contributed by atoms with Crippen molar-refractivity contribution < 1.29 is 22.7 Å². The Labute approximate surface area is 188 Å². The number of ether oxygens (including phenoxy) is 1. The van der Waals surface area contributed by atoms with Gasteiger partial charge in [0, 0.05) is 11.4 Å². The lowest BCUT2D eigenvalue weighted by Crippen LogP contribution is -2.22. The van der Waals surface area contributed by atoms with E-state index in [2.05, 4.69) is 4.99 Å². The predicted octanol–water partition coefficient (Wildman–Crippen LogP) is 3.52. The number of aryl methyl sites for hydroxylation is 1. The number of methoxy groups -OCH3 is 1. The Morgan fingerprint density at radius 2 is 1.87 bits per heavy atom. The van der Waals surface area contributed by atoms with Crippen molar-refractivity contribution in [2.75, 3.05) is 12.9 Å². The van der Waals surface area contributed by atoms with Crippen molar-refractivity contribution >= 4 is 54.9 Å². The van der Waals surface area contributed by atoms with Crippen LogP contribution >= 0.6 is 22.9 Å². The summed E-state index contributed by atoms with van der Waals surface area (Å²) >= 11 is 7.26. The minimum Gasteiger partial charge on any atom is -0.468 e. The zero-order valence-electron chi connectivity index (χ0n) is 17.0. The molecule has 0 radical (unpaired) electrons. The number of carbonyl (C=O) groups is 2. The van der Waals surface area contributed by atoms with Gasteiger partial charge in [0.15, 0.2) is 14.6 Å². The summed E-state index contributed by atoms with van der Waals surface area (Å²) in [4.78, 5) is 28.9. The van der Waals surface area contributed by atoms with E-state index in [4.69, 9.17) is 16.3 Å². The second-order valence-corrected chi connectivity index (χ2v) is 10.5. The minimum absolute atomic E-state index is 0.0294. The molecule has 2 aromatic carbocycles. The number of esters is 1. The second-order valence-electron chi connectivity index (χ2n) is 6.90. The normalized spacial score (nSPS) is 12.3. The Morgan fingerprint density at radius 1 is 1.16 bits per heavy atom. The molecule has 0 aliphatic heterocycles. The summed E-state index contributed by atoms with van der Waals surface area (Å²) in [7, 11) is -2.19. The van der Waals surface area contributed by atoms with Gasteiger partial charge in [0.25, 0.3) is 0 Å². The zero-order chi connectivity index (χ0) is 22.6. The lowest BCUT2D eigenvalue weighted by Gasteiger charge is -2.04. The van der Waals surface area contributed by atoms with E-state index in [0.717, 1.165) is 10.3 Å². The van der Waals surface area contributed by atoms with Crippen molar-refractivity contribution in [3.63, 3.8) is 0 Å². The number of fused-ring (bicyclic) bond motifs is 1. The van der Waals surface area contributed by atoms with Crippen LogP contribution in [0.2, 0.25) is 5.02 Å². The maximum Gasteiger partial charge on any atom is 0.325 e. The molecule has 1 amide bonds. The molecule has 164 valence electrons. The summed E-state index contributed by atoms with van der Waals surface area (Å²) in [6.45, 7) is 1.77. The summed E-state index contributed by atoms with van der Waals surface area (Å²) in [5.74, 6) is -1.09. The molecule has 1 heterocycles. The summed E-state index contributed by atoms with van der Waals surface area (Å²) in [5.41, 5.74) is 1.67. The Bertz CT molecular complexity index is 1290. The molecule has 0 fully saturated rings. The Balaban J connectivity index is 1.78. The third kappa shape index (κ3) is 5.81. The van der Waals surface area contributed by atoms with Crippen molar-refractivity contribution in [2.45, 2.75) is 31.2 Å². The highest BCUT2D eigenvalue weighted by Crippen LogP contribution is 2.22. The van der Waals surface area contributed by atoms with E-state index in [1.807, 2.05) is 6.92 Å². The summed E-state index contributed by atoms with van der Waals surface area (Å²) in [5, 5.41) is 0.526. The number of amides is 1. The first-order chi connectivity index (χ1) is 14.7. The van der Waals surface area contributed by atoms with Gasteiger partial charge >= 0.3 is 5.97 Å². The van der Waals surface area contributed by atoms with Crippen LogP contribution < -0.4 is 4.80 Å². The quantitative estimate of drug-likeness (QED) is 0.482. The molecule has 0 saturated carbocycles. The van der Waals surface area contributed by atoms with Gasteiger partial charge in [0.2, 0.25) is 5.91 Å². The first-order valence-corrected chi connectivity index (χ1v) is 12.3. The van der Waals surface area contributed by atoms with Gasteiger partial charge in [-0.3, -0.25) is 9.59 Å². The molecule has 0 aliphatic carbocycles. The number of nitrogens with zero attached hydrogens (tertiary/aromatic N) is 2. The van der Waals surface area contributed by atoms with E-state index in [1.165, 1.54) is 18.4 Å². The van der Waals surface area contributed by atoms with Crippen LogP contribution in [0.5, 0.6) is 0 Å². The topological polar surface area (TPSA) is 94.8 Å². The predicted molar refractivity (Wildman–Crippen MR) is 120 cm³/mol. The molecule has 1 aromatic heterocycles. The fourth-order valence-corrected chi connectivity index (χ4v) is 5.55. The number of thiazole rings is 1. The number of benzene rings is 2. The van der Waals surface area contributed by atoms with Crippen LogP contribution in [-0.2, 0) is 30.7 Å². The molecule has 0 spiro atoms. The van der Waals surface area contributed by atoms with Gasteiger partial charge in [-0.2, -0.15) is 4.99 Å². The first-order valence-electron chi connectivity index (χ1n) is 9.42. The van der Waals surface area contributed by atoms with Crippen molar-refractivity contribution in [2.24, 2.45) is 4.99 Å². The average molecular weight is 481 g/mol. The third-order valence-electron chi connectivity index (χ3n) is 4.56. The van der Waals surface area contributed by atoms with Crippen LogP contribution in [0.25, 0.3) is 10.2 Å². The number of rotatable bonds is 7. The van der Waals surface area contributed by atoms with Crippen molar-refractivity contribution in [1.29, 1.82) is 0 Å². The monoisotopic (exact) mass is 480 g/mol. The van der Waals surface area contributed by atoms with E-state index in [-0.39, 0.29) is 30.0 Å². The molecule has 10 heteroatoms. The minimum atomic E-state index is -3.47. The van der Waals surface area contributed by atoms with Crippen molar-refractivity contribution in [3.8, 4) is 0 Å². The fourth-order valence-electron chi connectivity index (χ4n) is 2.92. The Morgan fingerprint density at radius 3 is 2.55 bits per heavy atom. The molecule has 0 aliphatic rings. The molecule has 0 bridgehead atoms. The molecule has 31 heavy (non-hydrogen) atoms. The lowest BCUT2D eigenvalue weighted by atomic mass is 10.2. The Hall–Kier alpha value is -2.49. The van der Waals surface area contributed by atoms with Crippen molar-refractivity contribution in [1.82, 2.24) is 4.57 Å². The smallest absolute Gasteiger partial charge is 0.325 e. The molecule has 7 nitrogen and oxygen atoms in total. The molecule has 0 saturated heterocycles. The highest BCUT2D eigenvalue weighted by Gasteiger charge is 2.16. The van der Waals surface area contributed by atoms with Gasteiger partial charge in [-0.1, -0.05) is 40.6 Å². The molecule has 0 atom stereocenters. The van der Waals surface area contributed by atoms with E-state index < -0.39 is 21.7 Å². The van der Waals surface area contributed by atoms with Crippen LogP contribution in [0.1, 0.15) is 18.4 Å². The number of carbonyl (C=O) groups excluding carboxylic acids is 2. The van der Waals surface area contributed by atoms with Crippen LogP contribution in [0, 0.1) is 6.92 Å². The number of hydrogen-bond donors (Lipinski definition) is 0. The van der Waals surface area contributed by atoms with E-state index in [1.54, 1.807) is 47.0 Å². The van der Waals surface area contributed by atoms with Gasteiger partial charge in [-0.15, -0.1) is 0 Å². The fraction of sp³-hybridized carbons (Fsp3) is 0.286. The van der Waals surface area contributed by atoms with E-state index >= 15 is 0 Å². The van der Waals surface area contributed by atoms with Crippen LogP contribution in [0.3, 0.4) is 0 Å². The largest absolute Gasteiger partial charge is 0.468 e. The van der Waals surface area contributed by atoms with Crippen LogP contribution in [-0.4, -0.2) is 37.7 Å². The highest BCUT2D eigenvalue weighted by atomic mass is 35.5. The first kappa shape index (κ1) is 23.2. The lowest BCUT2D eigenvalue weighted by molar-refractivity contribution is -0.141. The number of aromatic nitrogens is 1. The number of hydrogen-bond acceptors (Lipinski definition) is 6. The highest BCUT2D eigenvalue weighted by molar-refractivity contribution is 7.91. The van der Waals surface area contributed by atoms with Gasteiger partial charge in [-0.05, 0) is 43.7 Å². The van der Waals surface area contributed by atoms with Gasteiger partial charge in [-0.25, -0.2) is 8.42 Å². The maximum atomic E-state index is 12.4. The van der Waals surface area contributed by atoms with E-state index in [9.17, 15) is 18.0 Å². The molecule has 0 unspecified atom stereocenters. The Kier molecular flexibility index (Phi) is 7.30. The zero-order valence-corrected chi connectivity index (χ0v) is 19.4. The molecular formula is C21H21ClN2O5S2. The molecular weight excluding hydrogens is 460 g/mol. The maximum absolute atomic E-state index is 12.4. The third-order valence-corrected chi connectivity index (χ3v) is 7.66. The molecule has 3 aromatic rings. The van der Waals surface area contributed by atoms with E-state index in [0.29, 0.717) is 15.3 Å². The van der Waals surface area contributed by atoms with Gasteiger partial charge < -0.3 is 9.30 Å². The second kappa shape index (κ2) is 9.76.